The van der Waals surface area contributed by atoms with Gasteiger partial charge in [0.2, 0.25) is 0 Å². The lowest BCUT2D eigenvalue weighted by atomic mass is 9.81. The SMILES string of the molecule is CCc1c(C(O)(c2ccccc2)c2ccccc2)nn2ccc(C(=O)O)cc12. The van der Waals surface area contributed by atoms with E-state index in [1.165, 1.54) is 6.07 Å². The molecule has 0 unspecified atom stereocenters. The summed E-state index contributed by atoms with van der Waals surface area (Å²) in [6.07, 6.45) is 2.22. The lowest BCUT2D eigenvalue weighted by Crippen LogP contribution is -2.30. The first-order valence-electron chi connectivity index (χ1n) is 9.14. The molecule has 0 amide bonds. The zero-order chi connectivity index (χ0) is 19.7. The van der Waals surface area contributed by atoms with Crippen LogP contribution in [-0.2, 0) is 12.0 Å². The minimum atomic E-state index is -1.46. The predicted octanol–water partition coefficient (Wildman–Crippen LogP) is 3.88. The summed E-state index contributed by atoms with van der Waals surface area (Å²) >= 11 is 0. The van der Waals surface area contributed by atoms with E-state index in [2.05, 4.69) is 5.10 Å². The van der Waals surface area contributed by atoms with Crippen LogP contribution in [0.15, 0.2) is 79.0 Å². The lowest BCUT2D eigenvalue weighted by Gasteiger charge is -2.28. The molecule has 0 atom stereocenters. The highest BCUT2D eigenvalue weighted by Crippen LogP contribution is 2.38. The average Bonchev–Trinajstić information content (AvgIpc) is 3.12. The molecule has 4 rings (SSSR count). The zero-order valence-corrected chi connectivity index (χ0v) is 15.4. The van der Waals surface area contributed by atoms with Crippen molar-refractivity contribution >= 4 is 11.5 Å². The van der Waals surface area contributed by atoms with Crippen LogP contribution >= 0.6 is 0 Å². The number of aryl methyl sites for hydroxylation is 1. The van der Waals surface area contributed by atoms with Crippen molar-refractivity contribution in [1.29, 1.82) is 0 Å². The van der Waals surface area contributed by atoms with Crippen LogP contribution in [0.4, 0.5) is 0 Å². The molecule has 5 heteroatoms. The molecule has 28 heavy (non-hydrogen) atoms. The Labute approximate surface area is 162 Å². The third-order valence-electron chi connectivity index (χ3n) is 5.06. The van der Waals surface area contributed by atoms with E-state index in [1.807, 2.05) is 67.6 Å². The highest BCUT2D eigenvalue weighted by molar-refractivity contribution is 5.89. The van der Waals surface area contributed by atoms with E-state index in [9.17, 15) is 15.0 Å². The van der Waals surface area contributed by atoms with Gasteiger partial charge in [0.05, 0.1) is 11.1 Å². The lowest BCUT2D eigenvalue weighted by molar-refractivity contribution is 0.0697. The Morgan fingerprint density at radius 2 is 1.57 bits per heavy atom. The summed E-state index contributed by atoms with van der Waals surface area (Å²) in [6.45, 7) is 1.98. The second-order valence-electron chi connectivity index (χ2n) is 6.67. The number of aliphatic hydroxyl groups is 1. The first-order valence-corrected chi connectivity index (χ1v) is 9.14. The van der Waals surface area contributed by atoms with E-state index in [1.54, 1.807) is 16.8 Å². The molecule has 2 N–H and O–H groups in total. The van der Waals surface area contributed by atoms with Crippen molar-refractivity contribution in [1.82, 2.24) is 9.61 Å². The highest BCUT2D eigenvalue weighted by atomic mass is 16.4. The summed E-state index contributed by atoms with van der Waals surface area (Å²) in [4.78, 5) is 11.4. The second-order valence-corrected chi connectivity index (χ2v) is 6.67. The van der Waals surface area contributed by atoms with Crippen LogP contribution in [0.2, 0.25) is 0 Å². The van der Waals surface area contributed by atoms with E-state index in [-0.39, 0.29) is 5.56 Å². The fourth-order valence-electron chi connectivity index (χ4n) is 3.67. The molecule has 0 aliphatic heterocycles. The average molecular weight is 372 g/mol. The van der Waals surface area contributed by atoms with Crippen molar-refractivity contribution in [3.05, 3.63) is 107 Å². The van der Waals surface area contributed by atoms with E-state index in [0.717, 1.165) is 5.56 Å². The van der Waals surface area contributed by atoms with E-state index in [0.29, 0.717) is 28.8 Å². The number of hydrogen-bond acceptors (Lipinski definition) is 3. The number of fused-ring (bicyclic) bond motifs is 1. The highest BCUT2D eigenvalue weighted by Gasteiger charge is 2.38. The maximum absolute atomic E-state index is 12.0. The summed E-state index contributed by atoms with van der Waals surface area (Å²) in [5, 5.41) is 26.1. The summed E-state index contributed by atoms with van der Waals surface area (Å²) < 4.78 is 1.64. The Balaban J connectivity index is 2.05. The molecule has 0 radical (unpaired) electrons. The molecule has 5 nitrogen and oxygen atoms in total. The van der Waals surface area contributed by atoms with Crippen molar-refractivity contribution in [3.63, 3.8) is 0 Å². The van der Waals surface area contributed by atoms with Gasteiger partial charge in [-0.1, -0.05) is 67.6 Å². The molecule has 0 bridgehead atoms. The molecular formula is C23H20N2O3. The molecule has 0 aliphatic carbocycles. The minimum Gasteiger partial charge on any atom is -0.478 e. The van der Waals surface area contributed by atoms with Crippen LogP contribution < -0.4 is 0 Å². The van der Waals surface area contributed by atoms with Gasteiger partial charge in [-0.2, -0.15) is 5.10 Å². The van der Waals surface area contributed by atoms with E-state index >= 15 is 0 Å². The van der Waals surface area contributed by atoms with Gasteiger partial charge in [0.15, 0.2) is 5.60 Å². The van der Waals surface area contributed by atoms with Crippen LogP contribution in [0.1, 0.15) is 39.7 Å². The third kappa shape index (κ3) is 2.77. The number of benzene rings is 2. The molecule has 2 aromatic carbocycles. The first kappa shape index (κ1) is 17.9. The molecule has 0 fully saturated rings. The number of pyridine rings is 1. The van der Waals surface area contributed by atoms with Crippen LogP contribution in [0.5, 0.6) is 0 Å². The Hall–Kier alpha value is -3.44. The molecular weight excluding hydrogens is 352 g/mol. The summed E-state index contributed by atoms with van der Waals surface area (Å²) in [5.41, 5.74) is 2.16. The van der Waals surface area contributed by atoms with Crippen LogP contribution in [0, 0.1) is 0 Å². The quantitative estimate of drug-likeness (QED) is 0.557. The van der Waals surface area contributed by atoms with E-state index < -0.39 is 11.6 Å². The van der Waals surface area contributed by atoms with Gasteiger partial charge in [0.25, 0.3) is 0 Å². The van der Waals surface area contributed by atoms with Gasteiger partial charge in [-0.15, -0.1) is 0 Å². The van der Waals surface area contributed by atoms with Crippen LogP contribution in [0.3, 0.4) is 0 Å². The number of aromatic carboxylic acids is 1. The number of carbonyl (C=O) groups is 1. The Morgan fingerprint density at radius 3 is 2.07 bits per heavy atom. The van der Waals surface area contributed by atoms with Crippen molar-refractivity contribution < 1.29 is 15.0 Å². The Morgan fingerprint density at radius 1 is 1.00 bits per heavy atom. The van der Waals surface area contributed by atoms with Crippen molar-refractivity contribution in [2.45, 2.75) is 18.9 Å². The van der Waals surface area contributed by atoms with Crippen molar-refractivity contribution in [2.75, 3.05) is 0 Å². The predicted molar refractivity (Wildman–Crippen MR) is 107 cm³/mol. The molecule has 140 valence electrons. The standard InChI is InChI=1S/C23H20N2O3/c1-2-19-20-15-16(22(26)27)13-14-25(20)24-21(19)23(28,17-9-5-3-6-10-17)18-11-7-4-8-12-18/h3-15,28H,2H2,1H3,(H,26,27). The molecule has 0 aliphatic rings. The molecule has 2 aromatic heterocycles. The molecule has 0 saturated heterocycles. The Kier molecular flexibility index (Phi) is 4.45. The Bertz CT molecular complexity index is 1100. The van der Waals surface area contributed by atoms with Gasteiger partial charge in [-0.3, -0.25) is 0 Å². The summed E-state index contributed by atoms with van der Waals surface area (Å²) in [7, 11) is 0. The monoisotopic (exact) mass is 372 g/mol. The fourth-order valence-corrected chi connectivity index (χ4v) is 3.67. The number of nitrogens with zero attached hydrogens (tertiary/aromatic N) is 2. The van der Waals surface area contributed by atoms with Gasteiger partial charge in [0, 0.05) is 11.8 Å². The fraction of sp³-hybridized carbons (Fsp3) is 0.130. The number of aromatic nitrogens is 2. The maximum Gasteiger partial charge on any atom is 0.335 e. The number of rotatable bonds is 5. The molecule has 2 heterocycles. The van der Waals surface area contributed by atoms with E-state index in [4.69, 9.17) is 0 Å². The summed E-state index contributed by atoms with van der Waals surface area (Å²) in [5.74, 6) is -0.992. The van der Waals surface area contributed by atoms with Crippen LogP contribution in [0.25, 0.3) is 5.52 Å². The van der Waals surface area contributed by atoms with Crippen molar-refractivity contribution in [2.24, 2.45) is 0 Å². The third-order valence-corrected chi connectivity index (χ3v) is 5.06. The zero-order valence-electron chi connectivity index (χ0n) is 15.4. The van der Waals surface area contributed by atoms with Gasteiger partial charge in [-0.25, -0.2) is 9.31 Å². The topological polar surface area (TPSA) is 74.8 Å². The largest absolute Gasteiger partial charge is 0.478 e. The number of carboxylic acids is 1. The summed E-state index contributed by atoms with van der Waals surface area (Å²) in [6, 6.07) is 21.9. The molecule has 4 aromatic rings. The van der Waals surface area contributed by atoms with Gasteiger partial charge in [0.1, 0.15) is 5.69 Å². The van der Waals surface area contributed by atoms with Crippen molar-refractivity contribution in [3.8, 4) is 0 Å². The molecule has 0 spiro atoms. The minimum absolute atomic E-state index is 0.191. The van der Waals surface area contributed by atoms with Gasteiger partial charge in [-0.05, 0) is 29.7 Å². The smallest absolute Gasteiger partial charge is 0.335 e. The normalized spacial score (nSPS) is 11.6. The number of carboxylic acid groups (broad SMARTS) is 1. The van der Waals surface area contributed by atoms with Gasteiger partial charge >= 0.3 is 5.97 Å². The molecule has 0 saturated carbocycles. The number of hydrogen-bond donors (Lipinski definition) is 2. The first-order chi connectivity index (χ1) is 13.6. The van der Waals surface area contributed by atoms with Crippen LogP contribution in [-0.4, -0.2) is 25.8 Å². The second kappa shape index (κ2) is 6.94. The maximum atomic E-state index is 12.0. The van der Waals surface area contributed by atoms with Gasteiger partial charge < -0.3 is 10.2 Å².